The van der Waals surface area contributed by atoms with Gasteiger partial charge in [-0.3, -0.25) is 4.98 Å². The maximum absolute atomic E-state index is 11.9. The van der Waals surface area contributed by atoms with E-state index < -0.39 is 0 Å². The van der Waals surface area contributed by atoms with Crippen molar-refractivity contribution >= 4 is 11.7 Å². The Balaban J connectivity index is 2.28. The molecule has 2 rings (SSSR count). The number of carbonyl (C=O) groups excluding carboxylic acids is 1. The van der Waals surface area contributed by atoms with Gasteiger partial charge in [-0.1, -0.05) is 55.8 Å². The number of methoxy groups -OCH3 is 1. The molecule has 0 saturated heterocycles. The average molecular weight is 379 g/mol. The van der Waals surface area contributed by atoms with Gasteiger partial charge in [-0.25, -0.2) is 4.79 Å². The highest BCUT2D eigenvalue weighted by atomic mass is 16.5. The predicted molar refractivity (Wildman–Crippen MR) is 115 cm³/mol. The maximum Gasteiger partial charge on any atom is 0.337 e. The zero-order valence-electron chi connectivity index (χ0n) is 17.4. The highest BCUT2D eigenvalue weighted by molar-refractivity contribution is 5.90. The van der Waals surface area contributed by atoms with Crippen LogP contribution in [0.3, 0.4) is 0 Å². The Morgan fingerprint density at radius 2 is 1.96 bits per heavy atom. The lowest BCUT2D eigenvalue weighted by Crippen LogP contribution is -2.24. The van der Waals surface area contributed by atoms with Crippen LogP contribution in [0.15, 0.2) is 60.9 Å². The molecule has 0 aliphatic heterocycles. The lowest BCUT2D eigenvalue weighted by Gasteiger charge is -2.29. The third-order valence-corrected chi connectivity index (χ3v) is 4.73. The van der Waals surface area contributed by atoms with E-state index >= 15 is 0 Å². The van der Waals surface area contributed by atoms with Gasteiger partial charge in [-0.05, 0) is 44.4 Å². The zero-order chi connectivity index (χ0) is 20.5. The Kier molecular flexibility index (Phi) is 8.00. The van der Waals surface area contributed by atoms with Gasteiger partial charge in [0.15, 0.2) is 0 Å². The highest BCUT2D eigenvalue weighted by Gasteiger charge is 2.17. The first kappa shape index (κ1) is 21.4. The zero-order valence-corrected chi connectivity index (χ0v) is 17.4. The minimum absolute atomic E-state index is 0.373. The van der Waals surface area contributed by atoms with Crippen molar-refractivity contribution in [2.75, 3.05) is 13.7 Å². The van der Waals surface area contributed by atoms with E-state index in [1.807, 2.05) is 0 Å². The molecule has 1 aromatic heterocycles. The van der Waals surface area contributed by atoms with E-state index in [0.717, 1.165) is 31.5 Å². The first-order valence-electron chi connectivity index (χ1n) is 9.72. The average Bonchev–Trinajstić information content (AvgIpc) is 2.73. The van der Waals surface area contributed by atoms with Crippen LogP contribution < -0.4 is 0 Å². The van der Waals surface area contributed by atoms with E-state index in [2.05, 4.69) is 67.6 Å². The Labute approximate surface area is 168 Å². The largest absolute Gasteiger partial charge is 0.465 e. The molecule has 0 atom stereocenters. The van der Waals surface area contributed by atoms with E-state index in [-0.39, 0.29) is 5.97 Å². The summed E-state index contributed by atoms with van der Waals surface area (Å²) in [4.78, 5) is 18.5. The van der Waals surface area contributed by atoms with Crippen LogP contribution in [0.1, 0.15) is 53.9 Å². The second-order valence-corrected chi connectivity index (χ2v) is 6.79. The number of hydrogen-bond acceptors (Lipinski definition) is 4. The van der Waals surface area contributed by atoms with Gasteiger partial charge in [-0.2, -0.15) is 0 Å². The molecule has 0 aliphatic carbocycles. The van der Waals surface area contributed by atoms with Gasteiger partial charge >= 0.3 is 5.97 Å². The van der Waals surface area contributed by atoms with Crippen molar-refractivity contribution in [1.82, 2.24) is 9.88 Å². The molecule has 0 N–H and O–H groups in total. The molecule has 0 spiro atoms. The summed E-state index contributed by atoms with van der Waals surface area (Å²) in [6, 6.07) is 12.0. The smallest absolute Gasteiger partial charge is 0.337 e. The van der Waals surface area contributed by atoms with E-state index in [1.165, 1.54) is 23.9 Å². The number of pyridine rings is 1. The normalized spacial score (nSPS) is 11.2. The molecule has 0 amide bonds. The van der Waals surface area contributed by atoms with Crippen molar-refractivity contribution in [2.24, 2.45) is 0 Å². The first-order valence-corrected chi connectivity index (χ1v) is 9.72. The summed E-state index contributed by atoms with van der Waals surface area (Å²) < 4.78 is 4.83. The van der Waals surface area contributed by atoms with Gasteiger partial charge in [-0.15, -0.1) is 0 Å². The van der Waals surface area contributed by atoms with E-state index in [0.29, 0.717) is 11.3 Å². The van der Waals surface area contributed by atoms with Crippen LogP contribution in [-0.4, -0.2) is 29.5 Å². The van der Waals surface area contributed by atoms with Gasteiger partial charge < -0.3 is 9.64 Å². The topological polar surface area (TPSA) is 42.4 Å². The summed E-state index contributed by atoms with van der Waals surface area (Å²) in [5.41, 5.74) is 5.71. The molecule has 148 valence electrons. The fourth-order valence-electron chi connectivity index (χ4n) is 3.11. The van der Waals surface area contributed by atoms with Crippen molar-refractivity contribution < 1.29 is 9.53 Å². The van der Waals surface area contributed by atoms with Crippen molar-refractivity contribution in [1.29, 1.82) is 0 Å². The van der Waals surface area contributed by atoms with Crippen molar-refractivity contribution in [3.05, 3.63) is 83.3 Å². The van der Waals surface area contributed by atoms with Gasteiger partial charge in [0.25, 0.3) is 0 Å². The highest BCUT2D eigenvalue weighted by Crippen LogP contribution is 2.24. The summed E-state index contributed by atoms with van der Waals surface area (Å²) in [5, 5.41) is 0. The second kappa shape index (κ2) is 10.5. The molecule has 0 saturated carbocycles. The molecule has 0 unspecified atom stereocenters. The van der Waals surface area contributed by atoms with Crippen LogP contribution in [0, 0.1) is 6.92 Å². The molecule has 4 heteroatoms. The molecule has 28 heavy (non-hydrogen) atoms. The van der Waals surface area contributed by atoms with Crippen molar-refractivity contribution in [2.45, 2.75) is 40.0 Å². The van der Waals surface area contributed by atoms with E-state index in [1.54, 1.807) is 18.3 Å². The Hall–Kier alpha value is -2.88. The molecular formula is C24H30N2O2. The predicted octanol–water partition coefficient (Wildman–Crippen LogP) is 5.40. The molecule has 0 fully saturated rings. The second-order valence-electron chi connectivity index (χ2n) is 6.79. The van der Waals surface area contributed by atoms with E-state index in [9.17, 15) is 4.79 Å². The number of nitrogens with zero attached hydrogens (tertiary/aromatic N) is 2. The van der Waals surface area contributed by atoms with Crippen LogP contribution in [0.4, 0.5) is 0 Å². The number of hydrogen-bond donors (Lipinski definition) is 0. The molecule has 1 heterocycles. The number of esters is 1. The minimum Gasteiger partial charge on any atom is -0.465 e. The summed E-state index contributed by atoms with van der Waals surface area (Å²) in [7, 11) is 1.38. The monoisotopic (exact) mass is 378 g/mol. The number of rotatable bonds is 9. The third kappa shape index (κ3) is 5.56. The van der Waals surface area contributed by atoms with Gasteiger partial charge in [0, 0.05) is 18.4 Å². The van der Waals surface area contributed by atoms with Crippen LogP contribution in [0.2, 0.25) is 0 Å². The van der Waals surface area contributed by atoms with Crippen LogP contribution in [0.25, 0.3) is 5.70 Å². The fraction of sp³-hybridized carbons (Fsp3) is 0.333. The number of aryl methyl sites for hydroxylation is 1. The van der Waals surface area contributed by atoms with Crippen LogP contribution >= 0.6 is 0 Å². The van der Waals surface area contributed by atoms with Gasteiger partial charge in [0.1, 0.15) is 0 Å². The molecule has 0 aliphatic rings. The number of ether oxygens (including phenoxy) is 1. The Bertz CT molecular complexity index is 838. The van der Waals surface area contributed by atoms with Gasteiger partial charge in [0.05, 0.1) is 24.1 Å². The lowest BCUT2D eigenvalue weighted by molar-refractivity contribution is 0.0600. The molecule has 2 aromatic rings. The van der Waals surface area contributed by atoms with Crippen LogP contribution in [-0.2, 0) is 11.2 Å². The lowest BCUT2D eigenvalue weighted by atomic mass is 10.1. The van der Waals surface area contributed by atoms with Crippen molar-refractivity contribution in [3.63, 3.8) is 0 Å². The van der Waals surface area contributed by atoms with E-state index in [4.69, 9.17) is 4.74 Å². The number of carbonyl (C=O) groups is 1. The summed E-state index contributed by atoms with van der Waals surface area (Å²) >= 11 is 0. The molecule has 0 bridgehead atoms. The molecular weight excluding hydrogens is 348 g/mol. The Morgan fingerprint density at radius 1 is 1.25 bits per heavy atom. The molecule has 1 aromatic carbocycles. The van der Waals surface area contributed by atoms with Crippen molar-refractivity contribution in [3.8, 4) is 0 Å². The van der Waals surface area contributed by atoms with Gasteiger partial charge in [0.2, 0.25) is 0 Å². The Morgan fingerprint density at radius 3 is 2.57 bits per heavy atom. The SMILES string of the molecule is C=C(c1cc(C(=O)OC)ccn1)N(CCc1ccc(C)cc1)/C(=C\C)CCC. The molecule has 0 radical (unpaired) electrons. The molecule has 4 nitrogen and oxygen atoms in total. The first-order chi connectivity index (χ1) is 13.5. The third-order valence-electron chi connectivity index (χ3n) is 4.73. The summed E-state index contributed by atoms with van der Waals surface area (Å²) in [5.74, 6) is -0.373. The number of benzene rings is 1. The maximum atomic E-state index is 11.9. The quantitative estimate of drug-likeness (QED) is 0.548. The minimum atomic E-state index is -0.373. The standard InChI is InChI=1S/C24H30N2O2/c1-6-8-22(7-2)26(16-14-20-11-9-18(3)10-12-20)19(4)23-17-21(13-15-25-23)24(27)28-5/h7,9-13,15,17H,4,6,8,14,16H2,1-3,5H3/b22-7-. The fourth-order valence-corrected chi connectivity index (χ4v) is 3.11. The van der Waals surface area contributed by atoms with Crippen LogP contribution in [0.5, 0.6) is 0 Å². The summed E-state index contributed by atoms with van der Waals surface area (Å²) in [6.07, 6.45) is 6.66. The number of allylic oxidation sites excluding steroid dienone is 2. The summed E-state index contributed by atoms with van der Waals surface area (Å²) in [6.45, 7) is 11.4. The number of aromatic nitrogens is 1.